The van der Waals surface area contributed by atoms with Gasteiger partial charge in [-0.2, -0.15) is 162 Å². The SMILES string of the molecule is C.CO.CO.Cc1c[c-]c[c-]c1.Cc1c[c-]ccc1.Cc1cc[c-]cc1.Cc1cc[c-]cc1.Cc1cc[c-]cc1.Oc1cc[c-]cc1.[CH3-].[CH3-].[CH3-].[CH3-].[CH3-].[CH3-].[CH3-].[Rf].[Rf].[Rf].[Rf].[Rf].[Rf].[Rf].[Rf].[Rf].[Rf].[Rf].[c-]1c[c-]c[c-]c1.[c-]1cc[c-]cc1. The van der Waals surface area contributed by atoms with Gasteiger partial charge in [0.2, 0.25) is 0 Å². The topological polar surface area (TPSA) is 60.7 Å². The molecule has 0 unspecified atom stereocenters. The number of aryl methyl sites for hydroxylation is 5. The molecule has 0 heterocycles. The van der Waals surface area contributed by atoms with Crippen LogP contribution in [0, 0.1) is 159 Å². The van der Waals surface area contributed by atoms with Crippen molar-refractivity contribution in [3.05, 3.63) is 335 Å². The third kappa shape index (κ3) is 103. The molecule has 0 saturated carbocycles. The molecule has 0 aliphatic carbocycles. The van der Waals surface area contributed by atoms with Crippen LogP contribution in [0.4, 0.5) is 0 Å². The summed E-state index contributed by atoms with van der Waals surface area (Å²) in [4.78, 5) is 0. The molecule has 0 amide bonds. The molecule has 8 aromatic carbocycles. The molecule has 0 aliphatic heterocycles. The van der Waals surface area contributed by atoms with E-state index in [9.17, 15) is 0 Å². The number of hydrogen-bond donors (Lipinski definition) is 3. The molecular weight excluding hydrogens is 3740 g/mol. The first-order valence-electron chi connectivity index (χ1n) is 18.0. The van der Waals surface area contributed by atoms with Crippen LogP contribution in [-0.4, -0.2) is 29.5 Å². The van der Waals surface area contributed by atoms with Crippen LogP contribution in [0.1, 0.15) is 35.2 Å². The summed E-state index contributed by atoms with van der Waals surface area (Å²) in [5, 5.41) is 22.6. The third-order valence-corrected chi connectivity index (χ3v) is 6.06. The minimum absolute atomic E-state index is 0. The van der Waals surface area contributed by atoms with E-state index < -0.39 is 0 Å². The predicted molar refractivity (Wildman–Crippen MR) is 291 cm³/mol. The summed E-state index contributed by atoms with van der Waals surface area (Å²) in [6.45, 7) is 10.3. The molecule has 8 aromatic rings. The van der Waals surface area contributed by atoms with Crippen molar-refractivity contribution in [2.75, 3.05) is 14.2 Å². The molecule has 0 fully saturated rings. The van der Waals surface area contributed by atoms with Crippen molar-refractivity contribution < 1.29 is 15.3 Å². The van der Waals surface area contributed by atoms with E-state index in [-0.39, 0.29) is 59.4 Å². The fourth-order valence-electron chi connectivity index (χ4n) is 3.28. The van der Waals surface area contributed by atoms with Crippen LogP contribution >= 0.6 is 0 Å². The van der Waals surface area contributed by atoms with E-state index in [2.05, 4.69) is 107 Å². The Balaban J connectivity index is -0.0000000235. The number of aliphatic hydroxyl groups excluding tert-OH is 2. The van der Waals surface area contributed by atoms with Gasteiger partial charge in [0.25, 0.3) is 0 Å². The monoisotopic (exact) mass is 3820 g/mol. The molecule has 0 radical (unpaired) electrons. The Kier molecular flexibility index (Phi) is 191. The maximum Gasteiger partial charge on any atom is 0.0319 e. The summed E-state index contributed by atoms with van der Waals surface area (Å²) >= 11 is 0. The summed E-state index contributed by atoms with van der Waals surface area (Å²) in [7, 11) is 2.00. The Morgan fingerprint density at radius 2 is 0.468 bits per heavy atom. The van der Waals surface area contributed by atoms with Gasteiger partial charge in [0, 0.05) is 20.0 Å². The van der Waals surface area contributed by atoms with Gasteiger partial charge in [-0.05, 0) is 0 Å². The normalized spacial score (nSPS) is 6.14. The van der Waals surface area contributed by atoms with Gasteiger partial charge in [-0.3, -0.25) is 42.0 Å². The van der Waals surface area contributed by atoms with E-state index in [0.717, 1.165) is 14.2 Å². The van der Waals surface area contributed by atoms with Gasteiger partial charge in [0.1, 0.15) is 0 Å². The Morgan fingerprint density at radius 3 is 0.584 bits per heavy atom. The quantitative estimate of drug-likeness (QED) is 0.133. The van der Waals surface area contributed by atoms with Crippen LogP contribution in [0.3, 0.4) is 0 Å². The van der Waals surface area contributed by atoms with E-state index in [1.54, 1.807) is 48.5 Å². The number of phenolic OH excluding ortho intramolecular Hbond substituents is 1. The van der Waals surface area contributed by atoms with E-state index in [1.165, 1.54) is 27.8 Å². The molecule has 0 spiro atoms. The summed E-state index contributed by atoms with van der Waals surface area (Å²) in [6.07, 6.45) is 0. The Labute approximate surface area is 410 Å². The number of aromatic hydroxyl groups is 1. The first-order chi connectivity index (χ1) is 28.4. The van der Waals surface area contributed by atoms with Crippen LogP contribution in [0.5, 0.6) is 5.75 Å². The van der Waals surface area contributed by atoms with Crippen molar-refractivity contribution in [2.45, 2.75) is 42.0 Å². The van der Waals surface area contributed by atoms with E-state index in [4.69, 9.17) is 15.3 Å². The van der Waals surface area contributed by atoms with Gasteiger partial charge in [0.15, 0.2) is 0 Å². The first kappa shape index (κ1) is 137. The predicted octanol–water partition coefficient (Wildman–Crippen LogP) is 15.3. The molecule has 0 atom stereocenters. The second-order valence-corrected chi connectivity index (χ2v) is 11.0. The van der Waals surface area contributed by atoms with E-state index in [0.29, 0.717) is 5.75 Å². The zero-order chi connectivity index (χ0) is 43.2. The largest absolute Gasteiger partial charge is 0.545 e. The molecule has 8 rings (SSSR count). The Morgan fingerprint density at radius 1 is 0.247 bits per heavy atom. The van der Waals surface area contributed by atoms with Gasteiger partial charge in [-0.15, -0.1) is 19.1 Å². The average molecular weight is 3820 g/mol. The number of hydrogen-bond acceptors (Lipinski definition) is 3. The van der Waals surface area contributed by atoms with E-state index in [1.807, 2.05) is 134 Å². The smallest absolute Gasteiger partial charge is 0.0319 e. The maximum absolute atomic E-state index is 8.61. The second kappa shape index (κ2) is 107. The summed E-state index contributed by atoms with van der Waals surface area (Å²) in [6, 6.07) is 90.5. The van der Waals surface area contributed by atoms with Gasteiger partial charge < -0.3 is 134 Å². The maximum atomic E-state index is 8.61. The molecular formula is C63H79O3Rf11-19. The van der Waals surface area contributed by atoms with Gasteiger partial charge in [-0.1, -0.05) is 35.1 Å². The van der Waals surface area contributed by atoms with Gasteiger partial charge >= 0.3 is 0 Å². The van der Waals surface area contributed by atoms with Crippen molar-refractivity contribution in [3.63, 3.8) is 0 Å². The van der Waals surface area contributed by atoms with Crippen molar-refractivity contribution >= 4 is 0 Å². The van der Waals surface area contributed by atoms with Crippen molar-refractivity contribution in [3.8, 4) is 5.75 Å². The van der Waals surface area contributed by atoms with Crippen LogP contribution in [0.25, 0.3) is 0 Å². The average Bonchev–Trinajstić information content (AvgIpc) is 3.29. The van der Waals surface area contributed by atoms with E-state index >= 15 is 0 Å². The van der Waals surface area contributed by atoms with Crippen molar-refractivity contribution in [2.24, 2.45) is 0 Å². The van der Waals surface area contributed by atoms with Crippen LogP contribution in [0.2, 0.25) is 0 Å². The van der Waals surface area contributed by atoms with Crippen LogP contribution in [0.15, 0.2) is 182 Å². The second-order valence-electron chi connectivity index (χ2n) is 11.0. The first-order valence-corrected chi connectivity index (χ1v) is 18.0. The molecule has 3 N–H and O–H groups in total. The summed E-state index contributed by atoms with van der Waals surface area (Å²) < 4.78 is 0. The fraction of sp³-hybridized carbons (Fsp3) is 0.127. The van der Waals surface area contributed by atoms with Crippen LogP contribution < -0.4 is 0 Å². The fourth-order valence-corrected chi connectivity index (χ4v) is 3.28. The summed E-state index contributed by atoms with van der Waals surface area (Å²) in [5.41, 5.74) is 6.35. The molecule has 77 heavy (non-hydrogen) atoms. The van der Waals surface area contributed by atoms with Crippen molar-refractivity contribution in [1.82, 2.24) is 0 Å². The van der Waals surface area contributed by atoms with Crippen LogP contribution in [-0.2, 0) is 0 Å². The zero-order valence-corrected chi connectivity index (χ0v) is 120. The number of phenols is 1. The molecule has 0 bridgehead atoms. The zero-order valence-electron chi connectivity index (χ0n) is 49.4. The summed E-state index contributed by atoms with van der Waals surface area (Å²) in [5.74, 6) is 0.291. The molecule has 0 saturated heterocycles. The minimum Gasteiger partial charge on any atom is -0.545 e. The Bertz CT molecular complexity index is 1530. The molecule has 14 heteroatoms. The molecule has 390 valence electrons. The van der Waals surface area contributed by atoms with Crippen molar-refractivity contribution in [1.29, 1.82) is 0 Å². The minimum atomic E-state index is 0. The third-order valence-electron chi connectivity index (χ3n) is 6.06. The van der Waals surface area contributed by atoms with Gasteiger partial charge in [-0.25, -0.2) is 0 Å². The number of aliphatic hydroxyl groups is 2. The van der Waals surface area contributed by atoms with Gasteiger partial charge in [0.05, 0.1) is 0 Å². The molecule has 0 aromatic heterocycles. The molecule has 0 aliphatic rings. The Hall–Kier alpha value is -17.5. The molecule has 3 nitrogen and oxygen atoms in total. The standard InChI is InChI=1S/4C7H7.C7H6.C6H5O.C6H4.C6H3.2CH4O.CH4.7CH3.11Rf/c5*1-7-5-3-2-4-6-7;7-6-4-2-1-3-5-6;2*1-2-4-6-5-3-1;2*1-2;;;;;;;;;;;;;;;;;;;/h3*3-6H,1H3;2-3,5-6H,1H3;2,5-6H,1H3;2-5,7H;1-2,5-6H;1,4-5H;2*2H,1H3;1H4;7*1H3;;;;;;;;;;;/q4*-1;-2;-1;-2;-3;;;;7*-1;;;;;;;;;;;. The number of rotatable bonds is 0. The number of benzene rings is 8.